The van der Waals surface area contributed by atoms with E-state index in [9.17, 15) is 4.79 Å². The Morgan fingerprint density at radius 2 is 1.84 bits per heavy atom. The van der Waals surface area contributed by atoms with E-state index in [0.717, 1.165) is 38.5 Å². The minimum absolute atomic E-state index is 0.0803. The molecule has 1 saturated carbocycles. The summed E-state index contributed by atoms with van der Waals surface area (Å²) < 4.78 is 0. The van der Waals surface area contributed by atoms with E-state index in [4.69, 9.17) is 0 Å². The van der Waals surface area contributed by atoms with Gasteiger partial charge >= 0.3 is 0 Å². The fraction of sp³-hybridized carbons (Fsp3) is 0.737. The van der Waals surface area contributed by atoms with Crippen LogP contribution in [-0.2, 0) is 4.79 Å². The Kier molecular flexibility index (Phi) is 5.89. The minimum Gasteiger partial charge on any atom is -0.352 e. The van der Waals surface area contributed by atoms with Crippen LogP contribution in [0.2, 0.25) is 0 Å². The molecule has 1 N–H and O–H groups in total. The summed E-state index contributed by atoms with van der Waals surface area (Å²) in [6.45, 7) is 10.1. The molecule has 0 radical (unpaired) electrons. The number of rotatable bonds is 4. The van der Waals surface area contributed by atoms with E-state index < -0.39 is 0 Å². The molecule has 2 aliphatic rings. The quantitative estimate of drug-likeness (QED) is 0.903. The highest BCUT2D eigenvalue weighted by atomic mass is 16.2. The molecule has 0 spiro atoms. The second kappa shape index (κ2) is 8.13. The van der Waals surface area contributed by atoms with E-state index in [0.29, 0.717) is 17.9 Å². The van der Waals surface area contributed by atoms with Crippen molar-refractivity contribution in [3.8, 4) is 0 Å². The average Bonchev–Trinajstić information content (AvgIpc) is 2.65. The van der Waals surface area contributed by atoms with Gasteiger partial charge in [-0.15, -0.1) is 0 Å². The van der Waals surface area contributed by atoms with Gasteiger partial charge in [-0.2, -0.15) is 0 Å². The molecule has 1 aromatic heterocycles. The van der Waals surface area contributed by atoms with Crippen LogP contribution in [0.5, 0.6) is 0 Å². The van der Waals surface area contributed by atoms with Crippen LogP contribution in [0.25, 0.3) is 0 Å². The van der Waals surface area contributed by atoms with E-state index in [1.165, 1.54) is 12.8 Å². The molecule has 1 aliphatic carbocycles. The van der Waals surface area contributed by atoms with E-state index >= 15 is 0 Å². The van der Waals surface area contributed by atoms with E-state index in [-0.39, 0.29) is 11.9 Å². The van der Waals surface area contributed by atoms with Gasteiger partial charge in [-0.05, 0) is 31.2 Å². The fourth-order valence-electron chi connectivity index (χ4n) is 4.02. The van der Waals surface area contributed by atoms with Crippen molar-refractivity contribution >= 4 is 11.9 Å². The van der Waals surface area contributed by atoms with Gasteiger partial charge in [-0.3, -0.25) is 9.69 Å². The molecular formula is C19H31N5O. The van der Waals surface area contributed by atoms with Gasteiger partial charge in [0.05, 0.1) is 6.04 Å². The lowest BCUT2D eigenvalue weighted by atomic mass is 9.78. The standard InChI is InChI=1S/C19H31N5O/c1-14-6-4-7-17(15(14)2)22-18(25)16(3)23-10-12-24(13-11-23)19-20-8-5-9-21-19/h5,8-9,14-17H,4,6-7,10-13H2,1-3H3,(H,22,25)/t14-,15+,16+,17+/m1/s1. The van der Waals surface area contributed by atoms with Gasteiger partial charge in [0, 0.05) is 44.6 Å². The molecule has 2 fully saturated rings. The Bertz CT molecular complexity index is 558. The summed E-state index contributed by atoms with van der Waals surface area (Å²) in [6, 6.07) is 2.08. The molecule has 1 saturated heterocycles. The van der Waals surface area contributed by atoms with Crippen LogP contribution in [0.3, 0.4) is 0 Å². The van der Waals surface area contributed by atoms with Crippen molar-refractivity contribution in [3.63, 3.8) is 0 Å². The number of aromatic nitrogens is 2. The second-order valence-electron chi connectivity index (χ2n) is 7.63. The van der Waals surface area contributed by atoms with Crippen molar-refractivity contribution in [2.24, 2.45) is 11.8 Å². The number of amides is 1. The molecule has 0 unspecified atom stereocenters. The Hall–Kier alpha value is -1.69. The van der Waals surface area contributed by atoms with Gasteiger partial charge in [0.15, 0.2) is 0 Å². The van der Waals surface area contributed by atoms with Crippen molar-refractivity contribution in [3.05, 3.63) is 18.5 Å². The molecule has 0 aromatic carbocycles. The summed E-state index contributed by atoms with van der Waals surface area (Å²) in [4.78, 5) is 25.8. The second-order valence-corrected chi connectivity index (χ2v) is 7.63. The number of nitrogens with zero attached hydrogens (tertiary/aromatic N) is 4. The van der Waals surface area contributed by atoms with E-state index in [1.807, 2.05) is 13.0 Å². The van der Waals surface area contributed by atoms with Gasteiger partial charge in [0.1, 0.15) is 0 Å². The number of hydrogen-bond acceptors (Lipinski definition) is 5. The third-order valence-corrected chi connectivity index (χ3v) is 6.11. The third-order valence-electron chi connectivity index (χ3n) is 6.11. The highest BCUT2D eigenvalue weighted by Crippen LogP contribution is 2.29. The molecule has 3 rings (SSSR count). The predicted molar refractivity (Wildman–Crippen MR) is 99.4 cm³/mol. The SMILES string of the molecule is C[C@H]1[C@H](C)CCC[C@@H]1NC(=O)[C@H](C)N1CCN(c2ncccn2)CC1. The van der Waals surface area contributed by atoms with Crippen molar-refractivity contribution in [1.29, 1.82) is 0 Å². The molecule has 1 aliphatic heterocycles. The number of nitrogens with one attached hydrogen (secondary N) is 1. The van der Waals surface area contributed by atoms with Crippen LogP contribution in [0.4, 0.5) is 5.95 Å². The van der Waals surface area contributed by atoms with Crippen LogP contribution < -0.4 is 10.2 Å². The molecule has 0 bridgehead atoms. The summed E-state index contributed by atoms with van der Waals surface area (Å²) in [7, 11) is 0. The minimum atomic E-state index is -0.0803. The average molecular weight is 345 g/mol. The molecule has 6 nitrogen and oxygen atoms in total. The molecule has 4 atom stereocenters. The van der Waals surface area contributed by atoms with Crippen LogP contribution in [0.1, 0.15) is 40.0 Å². The van der Waals surface area contributed by atoms with E-state index in [2.05, 4.69) is 38.9 Å². The molecule has 6 heteroatoms. The van der Waals surface area contributed by atoms with Gasteiger partial charge in [0.25, 0.3) is 0 Å². The predicted octanol–water partition coefficient (Wildman–Crippen LogP) is 1.93. The van der Waals surface area contributed by atoms with Gasteiger partial charge < -0.3 is 10.2 Å². The first-order valence-corrected chi connectivity index (χ1v) is 9.62. The van der Waals surface area contributed by atoms with Crippen molar-refractivity contribution in [1.82, 2.24) is 20.2 Å². The Morgan fingerprint density at radius 1 is 1.16 bits per heavy atom. The highest BCUT2D eigenvalue weighted by molar-refractivity contribution is 5.81. The molecule has 2 heterocycles. The monoisotopic (exact) mass is 345 g/mol. The van der Waals surface area contributed by atoms with Crippen LogP contribution in [-0.4, -0.2) is 59.0 Å². The van der Waals surface area contributed by atoms with Crippen LogP contribution in [0.15, 0.2) is 18.5 Å². The Labute approximate surface area is 151 Å². The number of anilines is 1. The number of piperazine rings is 1. The van der Waals surface area contributed by atoms with Gasteiger partial charge in [-0.25, -0.2) is 9.97 Å². The topological polar surface area (TPSA) is 61.4 Å². The smallest absolute Gasteiger partial charge is 0.237 e. The highest BCUT2D eigenvalue weighted by Gasteiger charge is 2.31. The summed E-state index contributed by atoms with van der Waals surface area (Å²) in [5.74, 6) is 2.22. The number of carbonyl (C=O) groups excluding carboxylic acids is 1. The Balaban J connectivity index is 1.50. The van der Waals surface area contributed by atoms with Crippen LogP contribution >= 0.6 is 0 Å². The van der Waals surface area contributed by atoms with Crippen molar-refractivity contribution in [2.45, 2.75) is 52.1 Å². The lowest BCUT2D eigenvalue weighted by Gasteiger charge is -2.39. The summed E-state index contributed by atoms with van der Waals surface area (Å²) in [5.41, 5.74) is 0. The molecule has 138 valence electrons. The lowest BCUT2D eigenvalue weighted by molar-refractivity contribution is -0.127. The summed E-state index contributed by atoms with van der Waals surface area (Å²) in [5, 5.41) is 3.32. The maximum absolute atomic E-state index is 12.7. The molecule has 1 amide bonds. The van der Waals surface area contributed by atoms with E-state index in [1.54, 1.807) is 12.4 Å². The third kappa shape index (κ3) is 4.29. The zero-order chi connectivity index (χ0) is 17.8. The van der Waals surface area contributed by atoms with Crippen LogP contribution in [0, 0.1) is 11.8 Å². The van der Waals surface area contributed by atoms with Crippen molar-refractivity contribution < 1.29 is 4.79 Å². The Morgan fingerprint density at radius 3 is 2.52 bits per heavy atom. The molecule has 25 heavy (non-hydrogen) atoms. The first-order chi connectivity index (χ1) is 12.1. The maximum Gasteiger partial charge on any atom is 0.237 e. The summed E-state index contributed by atoms with van der Waals surface area (Å²) in [6.07, 6.45) is 7.17. The maximum atomic E-state index is 12.7. The summed E-state index contributed by atoms with van der Waals surface area (Å²) >= 11 is 0. The zero-order valence-corrected chi connectivity index (χ0v) is 15.7. The lowest BCUT2D eigenvalue weighted by Crippen LogP contribution is -2.56. The normalized spacial score (nSPS) is 29.2. The van der Waals surface area contributed by atoms with Crippen molar-refractivity contribution in [2.75, 3.05) is 31.1 Å². The molecule has 1 aromatic rings. The first-order valence-electron chi connectivity index (χ1n) is 9.62. The largest absolute Gasteiger partial charge is 0.352 e. The first kappa shape index (κ1) is 18.1. The number of carbonyl (C=O) groups is 1. The van der Waals surface area contributed by atoms with Gasteiger partial charge in [-0.1, -0.05) is 26.7 Å². The number of hydrogen-bond donors (Lipinski definition) is 1. The van der Waals surface area contributed by atoms with Gasteiger partial charge in [0.2, 0.25) is 11.9 Å². The zero-order valence-electron chi connectivity index (χ0n) is 15.7. The molecular weight excluding hydrogens is 314 g/mol. The fourth-order valence-corrected chi connectivity index (χ4v) is 4.02.